The standard InChI is InChI=1S/C19H10O5/c20-17(13-9-11-5-1-3-7-15(11)23-18(13)21)14-10-12-6-2-4-8-16(12)24-19(14)22/h1-10H. The van der Waals surface area contributed by atoms with Crippen molar-refractivity contribution in [3.63, 3.8) is 0 Å². The number of para-hydroxylation sites is 2. The molecule has 0 aliphatic heterocycles. The first-order chi connectivity index (χ1) is 11.6. The zero-order valence-electron chi connectivity index (χ0n) is 12.3. The molecule has 2 heterocycles. The van der Waals surface area contributed by atoms with Crippen molar-refractivity contribution in [1.82, 2.24) is 0 Å². The Morgan fingerprint density at radius 1 is 0.667 bits per heavy atom. The quantitative estimate of drug-likeness (QED) is 0.419. The van der Waals surface area contributed by atoms with E-state index in [9.17, 15) is 14.4 Å². The van der Waals surface area contributed by atoms with Crippen molar-refractivity contribution in [2.24, 2.45) is 0 Å². The molecule has 2 aromatic heterocycles. The molecule has 0 radical (unpaired) electrons. The lowest BCUT2D eigenvalue weighted by Gasteiger charge is -2.02. The molecule has 0 bridgehead atoms. The number of benzene rings is 2. The molecule has 0 saturated heterocycles. The van der Waals surface area contributed by atoms with Gasteiger partial charge >= 0.3 is 11.3 Å². The van der Waals surface area contributed by atoms with Crippen molar-refractivity contribution in [2.75, 3.05) is 0 Å². The molecule has 24 heavy (non-hydrogen) atoms. The first-order valence-electron chi connectivity index (χ1n) is 7.24. The van der Waals surface area contributed by atoms with Gasteiger partial charge in [-0.1, -0.05) is 36.4 Å². The van der Waals surface area contributed by atoms with Crippen LogP contribution in [-0.4, -0.2) is 5.78 Å². The third-order valence-electron chi connectivity index (χ3n) is 3.77. The van der Waals surface area contributed by atoms with Crippen LogP contribution in [0, 0.1) is 0 Å². The molecule has 116 valence electrons. The number of fused-ring (bicyclic) bond motifs is 2. The molecule has 0 aliphatic rings. The Labute approximate surface area is 134 Å². The fourth-order valence-corrected chi connectivity index (χ4v) is 2.59. The highest BCUT2D eigenvalue weighted by atomic mass is 16.4. The predicted molar refractivity (Wildman–Crippen MR) is 88.4 cm³/mol. The summed E-state index contributed by atoms with van der Waals surface area (Å²) in [5.41, 5.74) is -1.21. The third-order valence-corrected chi connectivity index (χ3v) is 3.77. The van der Waals surface area contributed by atoms with Gasteiger partial charge in [-0.25, -0.2) is 9.59 Å². The topological polar surface area (TPSA) is 77.5 Å². The minimum atomic E-state index is -0.786. The molecule has 0 saturated carbocycles. The molecule has 2 aromatic carbocycles. The fourth-order valence-electron chi connectivity index (χ4n) is 2.59. The maximum Gasteiger partial charge on any atom is 0.347 e. The normalized spacial score (nSPS) is 11.0. The van der Waals surface area contributed by atoms with Gasteiger partial charge in [0.15, 0.2) is 0 Å². The molecule has 4 rings (SSSR count). The first-order valence-corrected chi connectivity index (χ1v) is 7.24. The highest BCUT2D eigenvalue weighted by Gasteiger charge is 2.20. The van der Waals surface area contributed by atoms with Gasteiger partial charge in [0.2, 0.25) is 5.78 Å². The van der Waals surface area contributed by atoms with E-state index >= 15 is 0 Å². The molecule has 0 aliphatic carbocycles. The van der Waals surface area contributed by atoms with Crippen LogP contribution in [-0.2, 0) is 0 Å². The van der Waals surface area contributed by atoms with Gasteiger partial charge in [-0.05, 0) is 24.3 Å². The van der Waals surface area contributed by atoms with E-state index in [2.05, 4.69) is 0 Å². The molecule has 0 amide bonds. The molecule has 0 fully saturated rings. The fraction of sp³-hybridized carbons (Fsp3) is 0. The maximum atomic E-state index is 12.7. The monoisotopic (exact) mass is 318 g/mol. The van der Waals surface area contributed by atoms with Crippen molar-refractivity contribution in [3.8, 4) is 0 Å². The largest absolute Gasteiger partial charge is 0.422 e. The van der Waals surface area contributed by atoms with Crippen molar-refractivity contribution in [2.45, 2.75) is 0 Å². The SMILES string of the molecule is O=C(c1cc2ccccc2oc1=O)c1cc2ccccc2oc1=O. The number of hydrogen-bond donors (Lipinski definition) is 0. The van der Waals surface area contributed by atoms with Crippen LogP contribution in [0.2, 0.25) is 0 Å². The first kappa shape index (κ1) is 14.1. The Kier molecular flexibility index (Phi) is 3.13. The Hall–Kier alpha value is -3.47. The second-order valence-electron chi connectivity index (χ2n) is 5.30. The Morgan fingerprint density at radius 2 is 1.08 bits per heavy atom. The molecular formula is C19H10O5. The van der Waals surface area contributed by atoms with E-state index in [-0.39, 0.29) is 11.1 Å². The summed E-state index contributed by atoms with van der Waals surface area (Å²) in [5.74, 6) is -0.714. The average Bonchev–Trinajstić information content (AvgIpc) is 2.60. The molecular weight excluding hydrogens is 308 g/mol. The van der Waals surface area contributed by atoms with Crippen LogP contribution in [0.5, 0.6) is 0 Å². The molecule has 0 atom stereocenters. The summed E-state index contributed by atoms with van der Waals surface area (Å²) < 4.78 is 10.3. The molecule has 5 nitrogen and oxygen atoms in total. The van der Waals surface area contributed by atoms with Crippen molar-refractivity contribution < 1.29 is 13.6 Å². The van der Waals surface area contributed by atoms with Crippen molar-refractivity contribution >= 4 is 27.7 Å². The molecule has 4 aromatic rings. The van der Waals surface area contributed by atoms with Gasteiger partial charge in [-0.2, -0.15) is 0 Å². The smallest absolute Gasteiger partial charge is 0.347 e. The van der Waals surface area contributed by atoms with Gasteiger partial charge in [0.25, 0.3) is 0 Å². The Morgan fingerprint density at radius 3 is 1.54 bits per heavy atom. The van der Waals surface area contributed by atoms with Gasteiger partial charge in [0, 0.05) is 10.8 Å². The zero-order chi connectivity index (χ0) is 16.7. The maximum absolute atomic E-state index is 12.7. The third kappa shape index (κ3) is 2.23. The van der Waals surface area contributed by atoms with E-state index in [4.69, 9.17) is 8.83 Å². The second kappa shape index (κ2) is 5.31. The van der Waals surface area contributed by atoms with Gasteiger partial charge in [-0.3, -0.25) is 4.79 Å². The van der Waals surface area contributed by atoms with E-state index in [1.54, 1.807) is 48.5 Å². The molecule has 0 unspecified atom stereocenters. The number of carbonyl (C=O) groups is 1. The lowest BCUT2D eigenvalue weighted by molar-refractivity contribution is 0.103. The number of hydrogen-bond acceptors (Lipinski definition) is 5. The van der Waals surface area contributed by atoms with Crippen molar-refractivity contribution in [3.05, 3.63) is 92.6 Å². The van der Waals surface area contributed by atoms with E-state index in [1.807, 2.05) is 0 Å². The van der Waals surface area contributed by atoms with Crippen LogP contribution in [0.15, 0.2) is 79.1 Å². The van der Waals surface area contributed by atoms with E-state index in [1.165, 1.54) is 12.1 Å². The summed E-state index contributed by atoms with van der Waals surface area (Å²) in [6, 6.07) is 16.5. The van der Waals surface area contributed by atoms with Crippen LogP contribution >= 0.6 is 0 Å². The number of ketones is 1. The molecule has 5 heteroatoms. The average molecular weight is 318 g/mol. The lowest BCUT2D eigenvalue weighted by Crippen LogP contribution is -2.20. The van der Waals surface area contributed by atoms with Gasteiger partial charge in [-0.15, -0.1) is 0 Å². The van der Waals surface area contributed by atoms with Crippen LogP contribution in [0.25, 0.3) is 21.9 Å². The van der Waals surface area contributed by atoms with E-state index in [0.29, 0.717) is 21.9 Å². The molecule has 0 N–H and O–H groups in total. The van der Waals surface area contributed by atoms with Gasteiger partial charge < -0.3 is 8.83 Å². The number of rotatable bonds is 2. The highest BCUT2D eigenvalue weighted by molar-refractivity contribution is 6.10. The Balaban J connectivity index is 1.93. The summed E-state index contributed by atoms with van der Waals surface area (Å²) >= 11 is 0. The lowest BCUT2D eigenvalue weighted by atomic mass is 10.0. The minimum absolute atomic E-state index is 0.198. The second-order valence-corrected chi connectivity index (χ2v) is 5.30. The van der Waals surface area contributed by atoms with Crippen LogP contribution in [0.4, 0.5) is 0 Å². The summed E-state index contributed by atoms with van der Waals surface area (Å²) in [6.45, 7) is 0. The summed E-state index contributed by atoms with van der Waals surface area (Å²) in [5, 5.41) is 1.20. The van der Waals surface area contributed by atoms with E-state index in [0.717, 1.165) is 0 Å². The highest BCUT2D eigenvalue weighted by Crippen LogP contribution is 2.17. The van der Waals surface area contributed by atoms with Gasteiger partial charge in [0.05, 0.1) is 0 Å². The predicted octanol–water partition coefficient (Wildman–Crippen LogP) is 3.13. The van der Waals surface area contributed by atoms with Crippen LogP contribution in [0.1, 0.15) is 15.9 Å². The van der Waals surface area contributed by atoms with E-state index < -0.39 is 17.0 Å². The van der Waals surface area contributed by atoms with Crippen LogP contribution in [0.3, 0.4) is 0 Å². The zero-order valence-corrected chi connectivity index (χ0v) is 12.3. The minimum Gasteiger partial charge on any atom is -0.422 e. The van der Waals surface area contributed by atoms with Gasteiger partial charge in [0.1, 0.15) is 22.3 Å². The summed E-state index contributed by atoms with van der Waals surface area (Å²) in [6.07, 6.45) is 0. The number of carbonyl (C=O) groups excluding carboxylic acids is 1. The summed E-state index contributed by atoms with van der Waals surface area (Å²) in [4.78, 5) is 36.9. The summed E-state index contributed by atoms with van der Waals surface area (Å²) in [7, 11) is 0. The molecule has 0 spiro atoms. The Bertz CT molecular complexity index is 1120. The van der Waals surface area contributed by atoms with Crippen LogP contribution < -0.4 is 11.3 Å². The van der Waals surface area contributed by atoms with Crippen molar-refractivity contribution in [1.29, 1.82) is 0 Å².